The molecule has 0 spiro atoms. The van der Waals surface area contributed by atoms with E-state index in [4.69, 9.17) is 5.73 Å². The molecule has 0 aromatic rings. The van der Waals surface area contributed by atoms with Gasteiger partial charge in [0, 0.05) is 24.3 Å². The van der Waals surface area contributed by atoms with Crippen molar-refractivity contribution < 1.29 is 0 Å². The zero-order valence-electron chi connectivity index (χ0n) is 15.3. The molecule has 0 heterocycles. The van der Waals surface area contributed by atoms with Crippen molar-refractivity contribution in [1.29, 1.82) is 0 Å². The molecule has 3 unspecified atom stereocenters. The van der Waals surface area contributed by atoms with E-state index in [9.17, 15) is 0 Å². The summed E-state index contributed by atoms with van der Waals surface area (Å²) < 4.78 is 0. The summed E-state index contributed by atoms with van der Waals surface area (Å²) in [6.07, 6.45) is 11.6. The van der Waals surface area contributed by atoms with Gasteiger partial charge in [-0.3, -0.25) is 0 Å². The second kappa shape index (κ2) is 8.14. The molecule has 0 bridgehead atoms. The van der Waals surface area contributed by atoms with Gasteiger partial charge in [-0.1, -0.05) is 44.8 Å². The highest BCUT2D eigenvalue weighted by Crippen LogP contribution is 2.42. The molecule has 2 rings (SSSR count). The average molecular weight is 318 g/mol. The standard InChI is InChI=1S/C20H35N3/c1-15-7-5-8-16(2)19(15)20(3,11-12-22-4)23-14-17-9-6-10-18(21)13-17/h10,13,15-16,19,23H,4-9,11-12,14,21H2,1-3H3. The highest BCUT2D eigenvalue weighted by molar-refractivity contribution is 5.26. The molecule has 0 aromatic heterocycles. The highest BCUT2D eigenvalue weighted by atomic mass is 15.0. The lowest BCUT2D eigenvalue weighted by Crippen LogP contribution is -2.55. The van der Waals surface area contributed by atoms with Crippen molar-refractivity contribution in [2.45, 2.75) is 64.8 Å². The van der Waals surface area contributed by atoms with Gasteiger partial charge in [0.05, 0.1) is 0 Å². The van der Waals surface area contributed by atoms with E-state index < -0.39 is 0 Å². The molecule has 1 saturated carbocycles. The maximum absolute atomic E-state index is 5.97. The number of hydrogen-bond acceptors (Lipinski definition) is 3. The van der Waals surface area contributed by atoms with Crippen LogP contribution in [0.4, 0.5) is 0 Å². The number of rotatable bonds is 7. The van der Waals surface area contributed by atoms with E-state index in [1.54, 1.807) is 0 Å². The van der Waals surface area contributed by atoms with Gasteiger partial charge in [-0.15, -0.1) is 0 Å². The Morgan fingerprint density at radius 1 is 1.35 bits per heavy atom. The Morgan fingerprint density at radius 2 is 2.04 bits per heavy atom. The van der Waals surface area contributed by atoms with Crippen molar-refractivity contribution in [3.05, 3.63) is 23.4 Å². The van der Waals surface area contributed by atoms with Gasteiger partial charge < -0.3 is 16.0 Å². The molecule has 23 heavy (non-hydrogen) atoms. The van der Waals surface area contributed by atoms with Gasteiger partial charge in [0.15, 0.2) is 0 Å². The van der Waals surface area contributed by atoms with Crippen molar-refractivity contribution in [2.75, 3.05) is 13.1 Å². The van der Waals surface area contributed by atoms with Crippen LogP contribution in [0.15, 0.2) is 28.4 Å². The minimum Gasteiger partial charge on any atom is -0.399 e. The van der Waals surface area contributed by atoms with E-state index in [2.05, 4.69) is 49.9 Å². The maximum atomic E-state index is 5.97. The molecule has 2 aliphatic carbocycles. The van der Waals surface area contributed by atoms with Gasteiger partial charge in [0.25, 0.3) is 0 Å². The molecule has 130 valence electrons. The monoisotopic (exact) mass is 317 g/mol. The lowest BCUT2D eigenvalue weighted by Gasteiger charge is -2.48. The van der Waals surface area contributed by atoms with E-state index in [0.29, 0.717) is 5.92 Å². The summed E-state index contributed by atoms with van der Waals surface area (Å²) in [5.41, 5.74) is 8.44. The first-order chi connectivity index (χ1) is 11.0. The summed E-state index contributed by atoms with van der Waals surface area (Å²) in [7, 11) is 0. The van der Waals surface area contributed by atoms with Crippen molar-refractivity contribution >= 4 is 6.72 Å². The first-order valence-electron chi connectivity index (χ1n) is 9.29. The van der Waals surface area contributed by atoms with E-state index in [-0.39, 0.29) is 5.54 Å². The van der Waals surface area contributed by atoms with Crippen LogP contribution in [-0.2, 0) is 0 Å². The normalized spacial score (nSPS) is 31.0. The summed E-state index contributed by atoms with van der Waals surface area (Å²) in [6.45, 7) is 12.7. The molecule has 0 amide bonds. The first-order valence-corrected chi connectivity index (χ1v) is 9.29. The summed E-state index contributed by atoms with van der Waals surface area (Å²) in [4.78, 5) is 4.14. The summed E-state index contributed by atoms with van der Waals surface area (Å²) in [5.74, 6) is 2.24. The Hall–Kier alpha value is -1.09. The number of allylic oxidation sites excluding steroid dienone is 2. The zero-order valence-corrected chi connectivity index (χ0v) is 15.3. The SMILES string of the molecule is C=NCCC(C)(NCC1=CC(N)=CCC1)C1C(C)CCCC1C. The number of hydrogen-bond donors (Lipinski definition) is 2. The molecule has 0 radical (unpaired) electrons. The predicted molar refractivity (Wildman–Crippen MR) is 101 cm³/mol. The third-order valence-electron chi connectivity index (χ3n) is 6.01. The Morgan fingerprint density at radius 3 is 2.65 bits per heavy atom. The lowest BCUT2D eigenvalue weighted by atomic mass is 9.63. The summed E-state index contributed by atoms with van der Waals surface area (Å²) in [6, 6.07) is 0. The van der Waals surface area contributed by atoms with Crippen LogP contribution in [0, 0.1) is 17.8 Å². The largest absolute Gasteiger partial charge is 0.399 e. The number of nitrogens with one attached hydrogen (secondary N) is 1. The van der Waals surface area contributed by atoms with Crippen molar-refractivity contribution in [2.24, 2.45) is 28.5 Å². The lowest BCUT2D eigenvalue weighted by molar-refractivity contribution is 0.0693. The minimum absolute atomic E-state index is 0.122. The third kappa shape index (κ3) is 4.69. The topological polar surface area (TPSA) is 50.4 Å². The van der Waals surface area contributed by atoms with Crippen LogP contribution >= 0.6 is 0 Å². The second-order valence-corrected chi connectivity index (χ2v) is 7.92. The highest BCUT2D eigenvalue weighted by Gasteiger charge is 2.41. The second-order valence-electron chi connectivity index (χ2n) is 7.92. The van der Waals surface area contributed by atoms with Gasteiger partial charge in [0.2, 0.25) is 0 Å². The van der Waals surface area contributed by atoms with E-state index in [1.807, 2.05) is 0 Å². The van der Waals surface area contributed by atoms with Crippen LogP contribution in [0.2, 0.25) is 0 Å². The van der Waals surface area contributed by atoms with Crippen LogP contribution < -0.4 is 11.1 Å². The molecule has 3 nitrogen and oxygen atoms in total. The van der Waals surface area contributed by atoms with Crippen molar-refractivity contribution in [1.82, 2.24) is 5.32 Å². The minimum atomic E-state index is 0.122. The Balaban J connectivity index is 2.10. The molecule has 1 fully saturated rings. The maximum Gasteiger partial charge on any atom is 0.0399 e. The third-order valence-corrected chi connectivity index (χ3v) is 6.01. The Labute approximate surface area is 142 Å². The molecule has 3 heteroatoms. The molecule has 0 aromatic carbocycles. The smallest absolute Gasteiger partial charge is 0.0399 e. The van der Waals surface area contributed by atoms with Crippen LogP contribution in [0.1, 0.15) is 59.3 Å². The van der Waals surface area contributed by atoms with Crippen molar-refractivity contribution in [3.63, 3.8) is 0 Å². The molecule has 3 atom stereocenters. The number of nitrogens with zero attached hydrogens (tertiary/aromatic N) is 1. The fourth-order valence-corrected chi connectivity index (χ4v) is 4.87. The quantitative estimate of drug-likeness (QED) is 0.696. The molecule has 0 saturated heterocycles. The molecule has 0 aliphatic heterocycles. The van der Waals surface area contributed by atoms with E-state index in [1.165, 1.54) is 24.8 Å². The molecule has 3 N–H and O–H groups in total. The zero-order chi connectivity index (χ0) is 16.9. The predicted octanol–water partition coefficient (Wildman–Crippen LogP) is 4.06. The molecular formula is C20H35N3. The first kappa shape index (κ1) is 18.3. The fraction of sp³-hybridized carbons (Fsp3) is 0.750. The van der Waals surface area contributed by atoms with E-state index in [0.717, 1.165) is 49.9 Å². The van der Waals surface area contributed by atoms with Gasteiger partial charge in [-0.2, -0.15) is 0 Å². The Kier molecular flexibility index (Phi) is 6.46. The summed E-state index contributed by atoms with van der Waals surface area (Å²) >= 11 is 0. The molecular weight excluding hydrogens is 282 g/mol. The van der Waals surface area contributed by atoms with Crippen LogP contribution in [0.25, 0.3) is 0 Å². The van der Waals surface area contributed by atoms with Gasteiger partial charge in [-0.25, -0.2) is 0 Å². The van der Waals surface area contributed by atoms with Crippen LogP contribution in [-0.4, -0.2) is 25.3 Å². The Bertz CT molecular complexity index is 456. The number of nitrogens with two attached hydrogens (primary N) is 1. The van der Waals surface area contributed by atoms with E-state index >= 15 is 0 Å². The van der Waals surface area contributed by atoms with Crippen LogP contribution in [0.3, 0.4) is 0 Å². The summed E-state index contributed by atoms with van der Waals surface area (Å²) in [5, 5.41) is 3.91. The van der Waals surface area contributed by atoms with Crippen LogP contribution in [0.5, 0.6) is 0 Å². The fourth-order valence-electron chi connectivity index (χ4n) is 4.87. The van der Waals surface area contributed by atoms with Crippen molar-refractivity contribution in [3.8, 4) is 0 Å². The van der Waals surface area contributed by atoms with Gasteiger partial charge >= 0.3 is 0 Å². The van der Waals surface area contributed by atoms with Gasteiger partial charge in [-0.05, 0) is 56.7 Å². The average Bonchev–Trinajstić information content (AvgIpc) is 2.51. The molecule has 2 aliphatic rings. The number of aliphatic imine (C=N–C) groups is 1. The van der Waals surface area contributed by atoms with Gasteiger partial charge in [0.1, 0.15) is 0 Å².